The summed E-state index contributed by atoms with van der Waals surface area (Å²) < 4.78 is 1.73. The Kier molecular flexibility index (Phi) is 7.93. The van der Waals surface area contributed by atoms with Crippen LogP contribution in [0, 0.1) is 13.8 Å². The molecule has 0 unspecified atom stereocenters. The highest BCUT2D eigenvalue weighted by atomic mass is 15.3. The lowest BCUT2D eigenvalue weighted by molar-refractivity contribution is 0.886. The van der Waals surface area contributed by atoms with Crippen LogP contribution in [0.1, 0.15) is 52.1 Å². The zero-order valence-electron chi connectivity index (χ0n) is 11.9. The van der Waals surface area contributed by atoms with Crippen molar-refractivity contribution < 1.29 is 0 Å². The third kappa shape index (κ3) is 5.43. The monoisotopic (exact) mass is 236 g/mol. The van der Waals surface area contributed by atoms with E-state index >= 15 is 0 Å². The van der Waals surface area contributed by atoms with Crippen LogP contribution in [-0.4, -0.2) is 19.6 Å². The third-order valence-corrected chi connectivity index (χ3v) is 1.96. The predicted molar refractivity (Wildman–Crippen MR) is 72.2 cm³/mol. The Morgan fingerprint density at radius 2 is 1.71 bits per heavy atom. The summed E-state index contributed by atoms with van der Waals surface area (Å²) >= 11 is 0. The van der Waals surface area contributed by atoms with Gasteiger partial charge in [0.2, 0.25) is 0 Å². The maximum absolute atomic E-state index is 4.14. The Labute approximate surface area is 104 Å². The van der Waals surface area contributed by atoms with E-state index in [2.05, 4.69) is 28.9 Å². The molecule has 0 spiro atoms. The molecular weight excluding hydrogens is 212 g/mol. The quantitative estimate of drug-likeness (QED) is 0.760. The van der Waals surface area contributed by atoms with Crippen LogP contribution in [-0.2, 0) is 0 Å². The van der Waals surface area contributed by atoms with Gasteiger partial charge in [0.15, 0.2) is 5.65 Å². The molecule has 17 heavy (non-hydrogen) atoms. The Hall–Kier alpha value is -1.45. The molecule has 4 nitrogen and oxygen atoms in total. The van der Waals surface area contributed by atoms with Crippen molar-refractivity contribution in [1.82, 2.24) is 19.6 Å². The lowest BCUT2D eigenvalue weighted by Crippen LogP contribution is -1.90. The van der Waals surface area contributed by atoms with Gasteiger partial charge in [0.25, 0.3) is 0 Å². The van der Waals surface area contributed by atoms with Gasteiger partial charge in [0.05, 0.1) is 18.1 Å². The maximum Gasteiger partial charge on any atom is 0.173 e. The molecule has 2 aromatic rings. The second-order valence-electron chi connectivity index (χ2n) is 3.49. The van der Waals surface area contributed by atoms with Crippen LogP contribution in [0.3, 0.4) is 0 Å². The van der Waals surface area contributed by atoms with E-state index < -0.39 is 0 Å². The second kappa shape index (κ2) is 8.67. The van der Waals surface area contributed by atoms with E-state index in [4.69, 9.17) is 0 Å². The zero-order valence-corrected chi connectivity index (χ0v) is 11.9. The molecule has 0 fully saturated rings. The van der Waals surface area contributed by atoms with Crippen molar-refractivity contribution in [3.05, 3.63) is 23.9 Å². The summed E-state index contributed by atoms with van der Waals surface area (Å²) in [7, 11) is 0. The van der Waals surface area contributed by atoms with Crippen molar-refractivity contribution in [3.63, 3.8) is 0 Å². The van der Waals surface area contributed by atoms with Gasteiger partial charge in [-0.3, -0.25) is 4.98 Å². The number of hydrogen-bond donors (Lipinski definition) is 0. The minimum Gasteiger partial charge on any atom is -0.256 e. The summed E-state index contributed by atoms with van der Waals surface area (Å²) in [6.45, 7) is 12.2. The van der Waals surface area contributed by atoms with E-state index in [9.17, 15) is 0 Å². The van der Waals surface area contributed by atoms with Crippen LogP contribution < -0.4 is 0 Å². The first-order valence-electron chi connectivity index (χ1n) is 6.33. The molecule has 0 amide bonds. The first kappa shape index (κ1) is 15.6. The Balaban J connectivity index is 0.000000368. The van der Waals surface area contributed by atoms with E-state index in [0.29, 0.717) is 0 Å². The van der Waals surface area contributed by atoms with Crippen molar-refractivity contribution in [3.8, 4) is 0 Å². The van der Waals surface area contributed by atoms with E-state index in [1.165, 1.54) is 12.8 Å². The zero-order chi connectivity index (χ0) is 13.3. The summed E-state index contributed by atoms with van der Waals surface area (Å²) in [6.07, 6.45) is 6.21. The van der Waals surface area contributed by atoms with Gasteiger partial charge >= 0.3 is 0 Å². The lowest BCUT2D eigenvalue weighted by atomic mass is 10.4. The van der Waals surface area contributed by atoms with Gasteiger partial charge in [-0.1, -0.05) is 40.5 Å². The Morgan fingerprint density at radius 3 is 2.24 bits per heavy atom. The molecule has 0 atom stereocenters. The molecule has 2 rings (SSSR count). The minimum atomic E-state index is 0.775. The molecule has 0 radical (unpaired) electrons. The molecule has 4 heteroatoms. The lowest BCUT2D eigenvalue weighted by Gasteiger charge is -1.90. The van der Waals surface area contributed by atoms with E-state index in [1.807, 2.05) is 33.9 Å². The molecule has 0 aliphatic heterocycles. The number of nitrogens with zero attached hydrogens (tertiary/aromatic N) is 4. The summed E-state index contributed by atoms with van der Waals surface area (Å²) in [5.41, 5.74) is 1.75. The SMILES string of the molecule is CC.CCCC.Cc1cn2nc(C)nc2cn1. The van der Waals surface area contributed by atoms with Gasteiger partial charge in [0, 0.05) is 0 Å². The molecule has 2 aromatic heterocycles. The largest absolute Gasteiger partial charge is 0.256 e. The summed E-state index contributed by atoms with van der Waals surface area (Å²) in [6, 6.07) is 0. The fraction of sp³-hybridized carbons (Fsp3) is 0.615. The number of aromatic nitrogens is 4. The van der Waals surface area contributed by atoms with Crippen LogP contribution in [0.25, 0.3) is 5.65 Å². The third-order valence-electron chi connectivity index (χ3n) is 1.96. The number of hydrogen-bond acceptors (Lipinski definition) is 3. The van der Waals surface area contributed by atoms with Crippen LogP contribution in [0.15, 0.2) is 12.4 Å². The molecule has 0 bridgehead atoms. The van der Waals surface area contributed by atoms with Crippen LogP contribution >= 0.6 is 0 Å². The molecule has 0 saturated carbocycles. The smallest absolute Gasteiger partial charge is 0.173 e. The predicted octanol–water partition coefficient (Wildman–Crippen LogP) is 3.57. The average molecular weight is 236 g/mol. The topological polar surface area (TPSA) is 43.1 Å². The summed E-state index contributed by atoms with van der Waals surface area (Å²) in [5.74, 6) is 0.775. The Morgan fingerprint density at radius 1 is 1.12 bits per heavy atom. The fourth-order valence-electron chi connectivity index (χ4n) is 0.999. The van der Waals surface area contributed by atoms with Gasteiger partial charge in [-0.25, -0.2) is 9.50 Å². The van der Waals surface area contributed by atoms with E-state index in [0.717, 1.165) is 17.2 Å². The summed E-state index contributed by atoms with van der Waals surface area (Å²) in [4.78, 5) is 8.24. The number of unbranched alkanes of at least 4 members (excludes halogenated alkanes) is 1. The molecule has 0 aliphatic rings. The van der Waals surface area contributed by atoms with Gasteiger partial charge in [-0.2, -0.15) is 5.10 Å². The highest BCUT2D eigenvalue weighted by molar-refractivity contribution is 5.33. The highest BCUT2D eigenvalue weighted by Gasteiger charge is 1.97. The molecular formula is C13H24N4. The fourth-order valence-corrected chi connectivity index (χ4v) is 0.999. The van der Waals surface area contributed by atoms with Gasteiger partial charge in [-0.15, -0.1) is 0 Å². The maximum atomic E-state index is 4.14. The van der Waals surface area contributed by atoms with Crippen LogP contribution in [0.2, 0.25) is 0 Å². The molecule has 0 aromatic carbocycles. The molecule has 2 heterocycles. The van der Waals surface area contributed by atoms with E-state index in [1.54, 1.807) is 10.7 Å². The normalized spacial score (nSPS) is 9.06. The van der Waals surface area contributed by atoms with Crippen molar-refractivity contribution in [2.75, 3.05) is 0 Å². The van der Waals surface area contributed by atoms with Crippen LogP contribution in [0.4, 0.5) is 0 Å². The van der Waals surface area contributed by atoms with Crippen molar-refractivity contribution in [1.29, 1.82) is 0 Å². The molecule has 96 valence electrons. The first-order chi connectivity index (χ1) is 8.17. The standard InChI is InChI=1S/C7H8N4.C4H10.C2H6/c1-5-4-11-7(3-8-5)9-6(2)10-11;1-3-4-2;1-2/h3-4H,1-2H3;3-4H2,1-2H3;1-2H3. The Bertz CT molecular complexity index is 418. The van der Waals surface area contributed by atoms with Crippen LogP contribution in [0.5, 0.6) is 0 Å². The molecule has 0 N–H and O–H groups in total. The van der Waals surface area contributed by atoms with Gasteiger partial charge < -0.3 is 0 Å². The molecule has 0 saturated heterocycles. The van der Waals surface area contributed by atoms with Gasteiger partial charge in [0.1, 0.15) is 5.82 Å². The highest BCUT2D eigenvalue weighted by Crippen LogP contribution is 1.98. The van der Waals surface area contributed by atoms with Crippen molar-refractivity contribution >= 4 is 5.65 Å². The second-order valence-corrected chi connectivity index (χ2v) is 3.49. The minimum absolute atomic E-state index is 0.775. The van der Waals surface area contributed by atoms with Crippen molar-refractivity contribution in [2.24, 2.45) is 0 Å². The number of rotatable bonds is 1. The number of aryl methyl sites for hydroxylation is 2. The number of fused-ring (bicyclic) bond motifs is 1. The molecule has 0 aliphatic carbocycles. The van der Waals surface area contributed by atoms with Crippen molar-refractivity contribution in [2.45, 2.75) is 54.4 Å². The average Bonchev–Trinajstić information content (AvgIpc) is 2.71. The van der Waals surface area contributed by atoms with E-state index in [-0.39, 0.29) is 0 Å². The summed E-state index contributed by atoms with van der Waals surface area (Å²) in [5, 5.41) is 4.14. The van der Waals surface area contributed by atoms with Gasteiger partial charge in [-0.05, 0) is 13.8 Å². The first-order valence-corrected chi connectivity index (χ1v) is 6.33.